The molecular formula is C16H36N2O6S+2. The van der Waals surface area contributed by atoms with Gasteiger partial charge in [-0.1, -0.05) is 12.2 Å². The van der Waals surface area contributed by atoms with Crippen LogP contribution in [-0.4, -0.2) is 99.4 Å². The molecule has 2 unspecified atom stereocenters. The topological polar surface area (TPSA) is 101 Å². The number of rotatable bonds is 9. The van der Waals surface area contributed by atoms with Crippen molar-refractivity contribution in [1.29, 1.82) is 0 Å². The van der Waals surface area contributed by atoms with Gasteiger partial charge in [-0.3, -0.25) is 4.55 Å². The molecule has 2 atom stereocenters. The molecule has 0 aliphatic heterocycles. The second-order valence-corrected chi connectivity index (χ2v) is 9.83. The molecule has 0 heterocycles. The molecule has 0 spiro atoms. The lowest BCUT2D eigenvalue weighted by Crippen LogP contribution is -2.53. The van der Waals surface area contributed by atoms with Gasteiger partial charge in [-0.25, -0.2) is 4.79 Å². The number of carboxylic acid groups (broad SMARTS) is 1. The Hall–Kier alpha value is -1.00. The van der Waals surface area contributed by atoms with Gasteiger partial charge in [0.2, 0.25) is 0 Å². The Bertz CT molecular complexity index is 537. The predicted octanol–water partition coefficient (Wildman–Crippen LogP) is 1.06. The summed E-state index contributed by atoms with van der Waals surface area (Å²) in [6, 6.07) is 0. The second-order valence-electron chi connectivity index (χ2n) is 8.00. The van der Waals surface area contributed by atoms with Crippen molar-refractivity contribution in [3.8, 4) is 0 Å². The van der Waals surface area contributed by atoms with Gasteiger partial charge in [0.25, 0.3) is 10.1 Å². The van der Waals surface area contributed by atoms with Crippen LogP contribution in [0.2, 0.25) is 0 Å². The SMILES string of the molecule is C=C(C)COC(C)[N+](C)(C)CC(C)S(=O)(=O)O.C[N+](C)(C)CC(=O)O. The quantitative estimate of drug-likeness (QED) is 0.267. The summed E-state index contributed by atoms with van der Waals surface area (Å²) in [5.41, 5.74) is 0.916. The standard InChI is InChI=1S/C11H23NO4S.C5H11NO2/c1-9(2)8-16-11(4)12(5,6)7-10(3)17(13,14)15;1-6(2,3)4-5(7)8/h10-11H,1,7-8H2,2-6H3;4H2,1-3H3/p+2. The molecule has 0 aliphatic rings. The van der Waals surface area contributed by atoms with E-state index in [9.17, 15) is 13.2 Å². The van der Waals surface area contributed by atoms with Crippen LogP contribution in [0.5, 0.6) is 0 Å². The molecule has 0 radical (unpaired) electrons. The van der Waals surface area contributed by atoms with Gasteiger partial charge >= 0.3 is 5.97 Å². The molecule has 8 nitrogen and oxygen atoms in total. The Labute approximate surface area is 152 Å². The molecule has 0 saturated carbocycles. The van der Waals surface area contributed by atoms with Crippen LogP contribution in [0, 0.1) is 0 Å². The van der Waals surface area contributed by atoms with Crippen molar-refractivity contribution in [2.24, 2.45) is 0 Å². The van der Waals surface area contributed by atoms with E-state index in [2.05, 4.69) is 6.58 Å². The van der Waals surface area contributed by atoms with E-state index in [1.807, 2.05) is 49.1 Å². The minimum absolute atomic E-state index is 0.170. The van der Waals surface area contributed by atoms with Crippen molar-refractivity contribution in [3.05, 3.63) is 12.2 Å². The van der Waals surface area contributed by atoms with Crippen LogP contribution in [0.4, 0.5) is 0 Å². The average Bonchev–Trinajstić information content (AvgIpc) is 2.31. The molecule has 0 fully saturated rings. The van der Waals surface area contributed by atoms with Crippen molar-refractivity contribution in [2.75, 3.05) is 54.9 Å². The summed E-state index contributed by atoms with van der Waals surface area (Å²) in [5, 5.41) is 7.42. The molecule has 0 aliphatic carbocycles. The summed E-state index contributed by atoms with van der Waals surface area (Å²) in [6.07, 6.45) is -0.170. The van der Waals surface area contributed by atoms with Gasteiger partial charge in [-0.15, -0.1) is 0 Å². The van der Waals surface area contributed by atoms with Crippen molar-refractivity contribution in [1.82, 2.24) is 0 Å². The first kappa shape index (κ1) is 26.2. The lowest BCUT2D eigenvalue weighted by molar-refractivity contribution is -0.934. The third kappa shape index (κ3) is 15.0. The van der Waals surface area contributed by atoms with E-state index >= 15 is 0 Å². The van der Waals surface area contributed by atoms with E-state index < -0.39 is 21.3 Å². The van der Waals surface area contributed by atoms with E-state index in [0.717, 1.165) is 5.57 Å². The number of nitrogens with zero attached hydrogens (tertiary/aromatic N) is 2. The maximum absolute atomic E-state index is 11.0. The fourth-order valence-electron chi connectivity index (χ4n) is 1.78. The number of quaternary nitrogens is 2. The van der Waals surface area contributed by atoms with Crippen LogP contribution in [0.25, 0.3) is 0 Å². The monoisotopic (exact) mass is 384 g/mol. The minimum atomic E-state index is -3.99. The van der Waals surface area contributed by atoms with Crippen LogP contribution in [-0.2, 0) is 19.6 Å². The Morgan fingerprint density at radius 2 is 1.60 bits per heavy atom. The molecule has 0 aromatic rings. The number of carboxylic acids is 1. The Morgan fingerprint density at radius 1 is 1.16 bits per heavy atom. The van der Waals surface area contributed by atoms with Crippen LogP contribution in [0.15, 0.2) is 12.2 Å². The highest BCUT2D eigenvalue weighted by atomic mass is 32.2. The second kappa shape index (κ2) is 10.2. The zero-order valence-corrected chi connectivity index (χ0v) is 17.6. The van der Waals surface area contributed by atoms with Gasteiger partial charge in [0.1, 0.15) is 5.25 Å². The maximum Gasteiger partial charge on any atom is 0.359 e. The highest BCUT2D eigenvalue weighted by molar-refractivity contribution is 7.86. The summed E-state index contributed by atoms with van der Waals surface area (Å²) < 4.78 is 37.3. The number of likely N-dealkylation sites (N-methyl/N-ethyl adjacent to an activating group) is 1. The fourth-order valence-corrected chi connectivity index (χ4v) is 2.35. The van der Waals surface area contributed by atoms with Crippen molar-refractivity contribution < 1.29 is 36.6 Å². The fraction of sp³-hybridized carbons (Fsp3) is 0.812. The van der Waals surface area contributed by atoms with Crippen LogP contribution >= 0.6 is 0 Å². The van der Waals surface area contributed by atoms with Crippen molar-refractivity contribution >= 4 is 16.1 Å². The zero-order chi connectivity index (χ0) is 20.6. The van der Waals surface area contributed by atoms with Gasteiger partial charge in [0.05, 0.1) is 48.4 Å². The number of hydrogen-bond donors (Lipinski definition) is 2. The molecule has 0 bridgehead atoms. The van der Waals surface area contributed by atoms with Gasteiger partial charge in [0.15, 0.2) is 12.8 Å². The highest BCUT2D eigenvalue weighted by Crippen LogP contribution is 2.13. The predicted molar refractivity (Wildman–Crippen MR) is 98.7 cm³/mol. The van der Waals surface area contributed by atoms with Crippen LogP contribution in [0.3, 0.4) is 0 Å². The van der Waals surface area contributed by atoms with E-state index in [0.29, 0.717) is 15.6 Å². The molecule has 9 heteroatoms. The van der Waals surface area contributed by atoms with Gasteiger partial charge < -0.3 is 18.8 Å². The van der Waals surface area contributed by atoms with Crippen LogP contribution in [0.1, 0.15) is 20.8 Å². The summed E-state index contributed by atoms with van der Waals surface area (Å²) in [4.78, 5) is 10.00. The maximum atomic E-state index is 11.0. The van der Waals surface area contributed by atoms with Gasteiger partial charge in [-0.2, -0.15) is 8.42 Å². The average molecular weight is 385 g/mol. The van der Waals surface area contributed by atoms with E-state index in [-0.39, 0.29) is 19.3 Å². The molecule has 2 N–H and O–H groups in total. The molecular weight excluding hydrogens is 348 g/mol. The summed E-state index contributed by atoms with van der Waals surface area (Å²) in [6.45, 7) is 9.89. The summed E-state index contributed by atoms with van der Waals surface area (Å²) >= 11 is 0. The van der Waals surface area contributed by atoms with Crippen molar-refractivity contribution in [2.45, 2.75) is 32.2 Å². The first-order valence-corrected chi connectivity index (χ1v) is 9.46. The molecule has 0 amide bonds. The molecule has 150 valence electrons. The molecule has 0 rings (SSSR count). The summed E-state index contributed by atoms with van der Waals surface area (Å²) in [7, 11) is 5.27. The summed E-state index contributed by atoms with van der Waals surface area (Å²) in [5.74, 6) is -0.752. The lowest BCUT2D eigenvalue weighted by Gasteiger charge is -2.36. The Kier molecular flexibility index (Phi) is 10.7. The first-order valence-electron chi connectivity index (χ1n) is 7.95. The van der Waals surface area contributed by atoms with Crippen LogP contribution < -0.4 is 0 Å². The van der Waals surface area contributed by atoms with E-state index in [4.69, 9.17) is 14.4 Å². The van der Waals surface area contributed by atoms with Crippen molar-refractivity contribution in [3.63, 3.8) is 0 Å². The van der Waals surface area contributed by atoms with Gasteiger partial charge in [0, 0.05) is 6.92 Å². The Morgan fingerprint density at radius 3 is 1.84 bits per heavy atom. The highest BCUT2D eigenvalue weighted by Gasteiger charge is 2.31. The molecule has 25 heavy (non-hydrogen) atoms. The smallest absolute Gasteiger partial charge is 0.359 e. The van der Waals surface area contributed by atoms with E-state index in [1.165, 1.54) is 6.92 Å². The van der Waals surface area contributed by atoms with Gasteiger partial charge in [-0.05, 0) is 13.8 Å². The zero-order valence-electron chi connectivity index (χ0n) is 16.8. The Balaban J connectivity index is 0. The normalized spacial score (nSPS) is 14.9. The third-order valence-corrected chi connectivity index (χ3v) is 4.57. The largest absolute Gasteiger partial charge is 0.477 e. The number of carbonyl (C=O) groups is 1. The lowest BCUT2D eigenvalue weighted by atomic mass is 10.3. The first-order chi connectivity index (χ1) is 10.9. The number of ether oxygens (including phenoxy) is 1. The minimum Gasteiger partial charge on any atom is -0.477 e. The van der Waals surface area contributed by atoms with E-state index in [1.54, 1.807) is 0 Å². The molecule has 0 aromatic carbocycles. The molecule has 0 aromatic heterocycles. The number of aliphatic carboxylic acids is 1. The third-order valence-electron chi connectivity index (χ3n) is 3.40. The number of hydrogen-bond acceptors (Lipinski definition) is 4. The molecule has 0 saturated heterocycles.